The predicted octanol–water partition coefficient (Wildman–Crippen LogP) is -4.05. The van der Waals surface area contributed by atoms with Gasteiger partial charge in [-0.3, -0.25) is 0 Å². The molecule has 15 heavy (non-hydrogen) atoms. The van der Waals surface area contributed by atoms with Gasteiger partial charge >= 0.3 is 41.5 Å². The molecule has 0 aliphatic carbocycles. The number of aliphatic hydroxyl groups is 4. The van der Waals surface area contributed by atoms with Crippen LogP contribution >= 0.6 is 0 Å². The standard InChI is InChI=1S/C6H10O8.Na.H/c7-1(3(9)5(11)12)2(8)4(10)6(13)14;;/h1-4,7-10H,(H,11,12)(H,13,14);;. The van der Waals surface area contributed by atoms with Crippen LogP contribution in [0.5, 0.6) is 0 Å². The molecule has 4 atom stereocenters. The molecule has 0 radical (unpaired) electrons. The van der Waals surface area contributed by atoms with Crippen LogP contribution in [0.3, 0.4) is 0 Å². The van der Waals surface area contributed by atoms with Gasteiger partial charge in [0.2, 0.25) is 0 Å². The Hall–Kier alpha value is -0.220. The van der Waals surface area contributed by atoms with Gasteiger partial charge in [-0.25, -0.2) is 9.59 Å². The first kappa shape index (κ1) is 17.2. The van der Waals surface area contributed by atoms with Crippen molar-refractivity contribution < 1.29 is 40.2 Å². The first-order valence-electron chi connectivity index (χ1n) is 3.47. The molecule has 0 aromatic rings. The Labute approximate surface area is 106 Å². The fraction of sp³-hybridized carbons (Fsp3) is 0.667. The number of carboxylic acid groups (broad SMARTS) is 2. The van der Waals surface area contributed by atoms with E-state index in [9.17, 15) is 9.59 Å². The molecule has 0 fully saturated rings. The fourth-order valence-corrected chi connectivity index (χ4v) is 0.666. The first-order chi connectivity index (χ1) is 6.29. The summed E-state index contributed by atoms with van der Waals surface area (Å²) in [4.78, 5) is 20.2. The quantitative estimate of drug-likeness (QED) is 0.262. The number of hydrogen-bond donors (Lipinski definition) is 6. The van der Waals surface area contributed by atoms with Crippen molar-refractivity contribution in [1.82, 2.24) is 0 Å². The van der Waals surface area contributed by atoms with Crippen LogP contribution in [0.25, 0.3) is 0 Å². The summed E-state index contributed by atoms with van der Waals surface area (Å²) >= 11 is 0. The molecule has 4 unspecified atom stereocenters. The molecule has 84 valence electrons. The average Bonchev–Trinajstić information content (AvgIpc) is 2.12. The predicted molar refractivity (Wildman–Crippen MR) is 46.4 cm³/mol. The second-order valence-corrected chi connectivity index (χ2v) is 2.55. The maximum absolute atomic E-state index is 10.1. The number of carboxylic acids is 2. The topological polar surface area (TPSA) is 156 Å². The van der Waals surface area contributed by atoms with Gasteiger partial charge in [0.25, 0.3) is 0 Å². The first-order valence-corrected chi connectivity index (χ1v) is 3.47. The van der Waals surface area contributed by atoms with Gasteiger partial charge in [0.1, 0.15) is 12.2 Å². The molecule has 0 saturated heterocycles. The van der Waals surface area contributed by atoms with Crippen LogP contribution < -0.4 is 0 Å². The van der Waals surface area contributed by atoms with Crippen molar-refractivity contribution in [3.05, 3.63) is 0 Å². The van der Waals surface area contributed by atoms with Gasteiger partial charge in [-0.15, -0.1) is 0 Å². The third-order valence-electron chi connectivity index (χ3n) is 1.50. The van der Waals surface area contributed by atoms with Crippen molar-refractivity contribution in [1.29, 1.82) is 0 Å². The molecule has 0 amide bonds. The summed E-state index contributed by atoms with van der Waals surface area (Å²) in [5, 5.41) is 51.5. The normalized spacial score (nSPS) is 18.1. The third kappa shape index (κ3) is 4.89. The zero-order valence-corrected chi connectivity index (χ0v) is 6.81. The van der Waals surface area contributed by atoms with Crippen LogP contribution in [0.1, 0.15) is 0 Å². The number of aliphatic carboxylic acids is 2. The van der Waals surface area contributed by atoms with Gasteiger partial charge in [0, 0.05) is 0 Å². The van der Waals surface area contributed by atoms with Crippen molar-refractivity contribution in [2.45, 2.75) is 24.4 Å². The number of rotatable bonds is 5. The zero-order valence-electron chi connectivity index (χ0n) is 6.81. The van der Waals surface area contributed by atoms with E-state index in [0.717, 1.165) is 0 Å². The third-order valence-corrected chi connectivity index (χ3v) is 1.50. The summed E-state index contributed by atoms with van der Waals surface area (Å²) in [6.45, 7) is 0. The van der Waals surface area contributed by atoms with Gasteiger partial charge in [-0.1, -0.05) is 0 Å². The summed E-state index contributed by atoms with van der Waals surface area (Å²) in [6.07, 6.45) is -9.28. The van der Waals surface area contributed by atoms with Crippen molar-refractivity contribution in [2.24, 2.45) is 0 Å². The summed E-state index contributed by atoms with van der Waals surface area (Å²) in [5.74, 6) is -3.68. The molecule has 0 aromatic carbocycles. The molecule has 0 bridgehead atoms. The van der Waals surface area contributed by atoms with Crippen LogP contribution in [0.15, 0.2) is 0 Å². The van der Waals surface area contributed by atoms with E-state index < -0.39 is 36.4 Å². The Morgan fingerprint density at radius 3 is 1.07 bits per heavy atom. The molecular weight excluding hydrogens is 223 g/mol. The van der Waals surface area contributed by atoms with Gasteiger partial charge in [-0.05, 0) is 0 Å². The average molecular weight is 234 g/mol. The Balaban J connectivity index is 0. The van der Waals surface area contributed by atoms with Gasteiger partial charge < -0.3 is 30.6 Å². The Morgan fingerprint density at radius 2 is 0.933 bits per heavy atom. The molecular formula is C6H11NaO8. The Morgan fingerprint density at radius 1 is 0.733 bits per heavy atom. The minimum absolute atomic E-state index is 0. The van der Waals surface area contributed by atoms with Gasteiger partial charge in [0.15, 0.2) is 12.2 Å². The van der Waals surface area contributed by atoms with Gasteiger partial charge in [0.05, 0.1) is 0 Å². The van der Waals surface area contributed by atoms with Crippen LogP contribution in [0, 0.1) is 0 Å². The summed E-state index contributed by atoms with van der Waals surface area (Å²) in [6, 6.07) is 0. The van der Waals surface area contributed by atoms with Crippen molar-refractivity contribution in [2.75, 3.05) is 0 Å². The molecule has 0 aromatic heterocycles. The van der Waals surface area contributed by atoms with E-state index >= 15 is 0 Å². The van der Waals surface area contributed by atoms with E-state index in [2.05, 4.69) is 0 Å². The molecule has 0 spiro atoms. The van der Waals surface area contributed by atoms with E-state index in [1.54, 1.807) is 0 Å². The maximum atomic E-state index is 10.1. The molecule has 0 aliphatic heterocycles. The molecule has 0 heterocycles. The van der Waals surface area contributed by atoms with E-state index in [1.165, 1.54) is 0 Å². The Kier molecular flexibility index (Phi) is 8.16. The number of carbonyl (C=O) groups is 2. The van der Waals surface area contributed by atoms with E-state index in [-0.39, 0.29) is 29.6 Å². The summed E-state index contributed by atoms with van der Waals surface area (Å²) in [7, 11) is 0. The molecule has 9 heteroatoms. The molecule has 6 N–H and O–H groups in total. The summed E-state index contributed by atoms with van der Waals surface area (Å²) in [5.41, 5.74) is 0. The summed E-state index contributed by atoms with van der Waals surface area (Å²) < 4.78 is 0. The van der Waals surface area contributed by atoms with Crippen LogP contribution in [0.2, 0.25) is 0 Å². The van der Waals surface area contributed by atoms with Crippen LogP contribution in [-0.4, -0.2) is 96.6 Å². The molecule has 0 saturated carbocycles. The van der Waals surface area contributed by atoms with E-state index in [4.69, 9.17) is 30.6 Å². The number of hydrogen-bond acceptors (Lipinski definition) is 6. The molecule has 8 nitrogen and oxygen atoms in total. The Bertz CT molecular complexity index is 207. The monoisotopic (exact) mass is 234 g/mol. The van der Waals surface area contributed by atoms with Crippen LogP contribution in [-0.2, 0) is 9.59 Å². The number of aliphatic hydroxyl groups excluding tert-OH is 4. The van der Waals surface area contributed by atoms with Crippen molar-refractivity contribution >= 4 is 41.5 Å². The van der Waals surface area contributed by atoms with E-state index in [0.29, 0.717) is 0 Å². The SMILES string of the molecule is O=C(O)C(O)C(O)C(O)C(O)C(=O)O.[NaH]. The minimum atomic E-state index is -2.36. The van der Waals surface area contributed by atoms with Crippen LogP contribution in [0.4, 0.5) is 0 Å². The van der Waals surface area contributed by atoms with Gasteiger partial charge in [-0.2, -0.15) is 0 Å². The fourth-order valence-electron chi connectivity index (χ4n) is 0.666. The second-order valence-electron chi connectivity index (χ2n) is 2.55. The zero-order chi connectivity index (χ0) is 11.5. The van der Waals surface area contributed by atoms with Crippen molar-refractivity contribution in [3.63, 3.8) is 0 Å². The second kappa shape index (κ2) is 7.12. The molecule has 0 rings (SSSR count). The van der Waals surface area contributed by atoms with E-state index in [1.807, 2.05) is 0 Å². The molecule has 0 aliphatic rings. The van der Waals surface area contributed by atoms with Crippen molar-refractivity contribution in [3.8, 4) is 0 Å².